The standard InChI is InChI=1S/C10H13FN2O2/c1-7(6-14)12-10(15)13-9-4-2-8(11)3-5-9/h2-5,7,14H,6H2,1H3,(H2,12,13,15). The van der Waals surface area contributed by atoms with Crippen LogP contribution in [0.5, 0.6) is 0 Å². The molecule has 0 radical (unpaired) electrons. The predicted molar refractivity (Wildman–Crippen MR) is 55.1 cm³/mol. The minimum absolute atomic E-state index is 0.128. The third kappa shape index (κ3) is 3.95. The highest BCUT2D eigenvalue weighted by Gasteiger charge is 2.05. The topological polar surface area (TPSA) is 61.4 Å². The Bertz CT molecular complexity index is 327. The molecule has 4 nitrogen and oxygen atoms in total. The second kappa shape index (κ2) is 5.31. The van der Waals surface area contributed by atoms with Gasteiger partial charge < -0.3 is 15.7 Å². The quantitative estimate of drug-likeness (QED) is 0.707. The lowest BCUT2D eigenvalue weighted by atomic mass is 10.3. The van der Waals surface area contributed by atoms with Crippen molar-refractivity contribution in [2.75, 3.05) is 11.9 Å². The van der Waals surface area contributed by atoms with Crippen LogP contribution >= 0.6 is 0 Å². The summed E-state index contributed by atoms with van der Waals surface area (Å²) in [5.74, 6) is -0.357. The second-order valence-corrected chi connectivity index (χ2v) is 3.19. The van der Waals surface area contributed by atoms with E-state index >= 15 is 0 Å². The number of urea groups is 1. The molecule has 2 amide bonds. The van der Waals surface area contributed by atoms with Gasteiger partial charge in [0.15, 0.2) is 0 Å². The first-order chi connectivity index (χ1) is 7.11. The summed E-state index contributed by atoms with van der Waals surface area (Å²) in [6.07, 6.45) is 0. The molecule has 15 heavy (non-hydrogen) atoms. The Morgan fingerprint density at radius 2 is 2.07 bits per heavy atom. The van der Waals surface area contributed by atoms with E-state index in [4.69, 9.17) is 5.11 Å². The largest absolute Gasteiger partial charge is 0.394 e. The smallest absolute Gasteiger partial charge is 0.319 e. The molecular formula is C10H13FN2O2. The molecule has 1 unspecified atom stereocenters. The normalized spacial score (nSPS) is 11.9. The van der Waals surface area contributed by atoms with Gasteiger partial charge in [0.05, 0.1) is 12.6 Å². The Morgan fingerprint density at radius 1 is 1.47 bits per heavy atom. The molecule has 0 bridgehead atoms. The van der Waals surface area contributed by atoms with Crippen molar-refractivity contribution in [2.45, 2.75) is 13.0 Å². The number of aliphatic hydroxyl groups is 1. The number of halogens is 1. The maximum atomic E-state index is 12.5. The Hall–Kier alpha value is -1.62. The van der Waals surface area contributed by atoms with Crippen LogP contribution in [0.2, 0.25) is 0 Å². The number of carbonyl (C=O) groups is 1. The zero-order valence-corrected chi connectivity index (χ0v) is 8.33. The van der Waals surface area contributed by atoms with Crippen LogP contribution in [0, 0.1) is 5.82 Å². The van der Waals surface area contributed by atoms with E-state index in [-0.39, 0.29) is 18.5 Å². The number of anilines is 1. The molecule has 0 saturated heterocycles. The van der Waals surface area contributed by atoms with Crippen LogP contribution in [0.3, 0.4) is 0 Å². The third-order valence-corrected chi connectivity index (χ3v) is 1.75. The molecule has 1 aromatic carbocycles. The summed E-state index contributed by atoms with van der Waals surface area (Å²) >= 11 is 0. The molecule has 1 atom stereocenters. The van der Waals surface area contributed by atoms with Gasteiger partial charge in [0.25, 0.3) is 0 Å². The molecule has 3 N–H and O–H groups in total. The molecule has 0 aliphatic carbocycles. The minimum Gasteiger partial charge on any atom is -0.394 e. The van der Waals surface area contributed by atoms with Crippen LogP contribution in [0.1, 0.15) is 6.92 Å². The van der Waals surface area contributed by atoms with E-state index in [1.807, 2.05) is 0 Å². The molecule has 1 rings (SSSR count). The number of aliphatic hydroxyl groups excluding tert-OH is 1. The number of hydrogen-bond donors (Lipinski definition) is 3. The van der Waals surface area contributed by atoms with Gasteiger partial charge in [0.1, 0.15) is 5.82 Å². The lowest BCUT2D eigenvalue weighted by molar-refractivity contribution is 0.229. The van der Waals surface area contributed by atoms with E-state index in [0.29, 0.717) is 5.69 Å². The summed E-state index contributed by atoms with van der Waals surface area (Å²) in [5.41, 5.74) is 0.499. The van der Waals surface area contributed by atoms with Gasteiger partial charge in [-0.05, 0) is 31.2 Å². The molecule has 5 heteroatoms. The first-order valence-electron chi connectivity index (χ1n) is 4.55. The molecule has 0 heterocycles. The minimum atomic E-state index is -0.428. The highest BCUT2D eigenvalue weighted by Crippen LogP contribution is 2.07. The Kier molecular flexibility index (Phi) is 4.05. The Balaban J connectivity index is 2.48. The van der Waals surface area contributed by atoms with Crippen molar-refractivity contribution < 1.29 is 14.3 Å². The average Bonchev–Trinajstić information content (AvgIpc) is 2.21. The van der Waals surface area contributed by atoms with Crippen molar-refractivity contribution >= 4 is 11.7 Å². The number of carbonyl (C=O) groups excluding carboxylic acids is 1. The summed E-state index contributed by atoms with van der Waals surface area (Å²) < 4.78 is 12.5. The van der Waals surface area contributed by atoms with Crippen LogP contribution in [0.4, 0.5) is 14.9 Å². The fourth-order valence-corrected chi connectivity index (χ4v) is 0.970. The van der Waals surface area contributed by atoms with E-state index in [1.54, 1.807) is 6.92 Å². The molecule has 0 fully saturated rings. The van der Waals surface area contributed by atoms with Crippen molar-refractivity contribution in [3.8, 4) is 0 Å². The van der Waals surface area contributed by atoms with E-state index < -0.39 is 6.03 Å². The maximum absolute atomic E-state index is 12.5. The number of nitrogens with one attached hydrogen (secondary N) is 2. The van der Waals surface area contributed by atoms with Gasteiger partial charge in [-0.15, -0.1) is 0 Å². The van der Waals surface area contributed by atoms with Gasteiger partial charge in [0.2, 0.25) is 0 Å². The van der Waals surface area contributed by atoms with Gasteiger partial charge in [-0.1, -0.05) is 0 Å². The van der Waals surface area contributed by atoms with E-state index in [9.17, 15) is 9.18 Å². The van der Waals surface area contributed by atoms with Crippen molar-refractivity contribution in [2.24, 2.45) is 0 Å². The molecule has 1 aromatic rings. The summed E-state index contributed by atoms with van der Waals surface area (Å²) in [4.78, 5) is 11.2. The number of rotatable bonds is 3. The lowest BCUT2D eigenvalue weighted by Crippen LogP contribution is -2.38. The van der Waals surface area contributed by atoms with Crippen molar-refractivity contribution in [1.82, 2.24) is 5.32 Å². The van der Waals surface area contributed by atoms with Crippen LogP contribution in [0.15, 0.2) is 24.3 Å². The molecule has 0 saturated carbocycles. The van der Waals surface area contributed by atoms with Crippen LogP contribution in [0.25, 0.3) is 0 Å². The zero-order valence-electron chi connectivity index (χ0n) is 8.33. The van der Waals surface area contributed by atoms with Crippen molar-refractivity contribution in [3.63, 3.8) is 0 Å². The highest BCUT2D eigenvalue weighted by molar-refractivity contribution is 5.89. The summed E-state index contributed by atoms with van der Waals surface area (Å²) in [6.45, 7) is 1.54. The summed E-state index contributed by atoms with van der Waals surface area (Å²) in [6, 6.07) is 4.68. The number of benzene rings is 1. The van der Waals surface area contributed by atoms with E-state index in [1.165, 1.54) is 24.3 Å². The van der Waals surface area contributed by atoms with Gasteiger partial charge >= 0.3 is 6.03 Å². The number of hydrogen-bond acceptors (Lipinski definition) is 2. The second-order valence-electron chi connectivity index (χ2n) is 3.19. The van der Waals surface area contributed by atoms with Gasteiger partial charge in [-0.3, -0.25) is 0 Å². The van der Waals surface area contributed by atoms with Crippen molar-refractivity contribution in [1.29, 1.82) is 0 Å². The van der Waals surface area contributed by atoms with Crippen molar-refractivity contribution in [3.05, 3.63) is 30.1 Å². The highest BCUT2D eigenvalue weighted by atomic mass is 19.1. The Labute approximate surface area is 87.1 Å². The van der Waals surface area contributed by atoms with Gasteiger partial charge in [-0.2, -0.15) is 0 Å². The molecule has 0 aromatic heterocycles. The monoisotopic (exact) mass is 212 g/mol. The molecule has 0 aliphatic heterocycles. The third-order valence-electron chi connectivity index (χ3n) is 1.75. The maximum Gasteiger partial charge on any atom is 0.319 e. The number of amides is 2. The SMILES string of the molecule is CC(CO)NC(=O)Nc1ccc(F)cc1. The fraction of sp³-hybridized carbons (Fsp3) is 0.300. The first-order valence-corrected chi connectivity index (χ1v) is 4.55. The van der Waals surface area contributed by atoms with Gasteiger partial charge in [-0.25, -0.2) is 9.18 Å². The van der Waals surface area contributed by atoms with E-state index in [0.717, 1.165) is 0 Å². The predicted octanol–water partition coefficient (Wildman–Crippen LogP) is 1.33. The zero-order chi connectivity index (χ0) is 11.3. The molecule has 0 aliphatic rings. The fourth-order valence-electron chi connectivity index (χ4n) is 0.970. The molecule has 0 spiro atoms. The summed E-state index contributed by atoms with van der Waals surface area (Å²) in [5, 5.41) is 13.7. The lowest BCUT2D eigenvalue weighted by Gasteiger charge is -2.11. The van der Waals surface area contributed by atoms with Crippen LogP contribution in [-0.4, -0.2) is 23.8 Å². The Morgan fingerprint density at radius 3 is 2.60 bits per heavy atom. The first kappa shape index (κ1) is 11.5. The van der Waals surface area contributed by atoms with Crippen LogP contribution in [-0.2, 0) is 0 Å². The molecular weight excluding hydrogens is 199 g/mol. The van der Waals surface area contributed by atoms with Gasteiger partial charge in [0, 0.05) is 5.69 Å². The summed E-state index contributed by atoms with van der Waals surface area (Å²) in [7, 11) is 0. The van der Waals surface area contributed by atoms with Crippen LogP contribution < -0.4 is 10.6 Å². The molecule has 82 valence electrons. The van der Waals surface area contributed by atoms with E-state index in [2.05, 4.69) is 10.6 Å². The average molecular weight is 212 g/mol.